The van der Waals surface area contributed by atoms with Crippen molar-refractivity contribution in [3.63, 3.8) is 0 Å². The fraction of sp³-hybridized carbons (Fsp3) is 0.714. The minimum Gasteiger partial charge on any atom is -0.462 e. The Balaban J connectivity index is 0.000000814. The smallest absolute Gasteiger partial charge is 0.346 e. The molecule has 264 valence electrons. The largest absolute Gasteiger partial charge is 0.462 e. The van der Waals surface area contributed by atoms with E-state index in [1.165, 1.54) is 38.5 Å². The number of hydrogen-bond donors (Lipinski definition) is 4. The van der Waals surface area contributed by atoms with Crippen molar-refractivity contribution >= 4 is 23.9 Å². The Morgan fingerprint density at radius 3 is 1.63 bits per heavy atom. The van der Waals surface area contributed by atoms with Gasteiger partial charge in [0.1, 0.15) is 12.7 Å². The molecule has 0 aromatic heterocycles. The molecule has 11 heteroatoms. The highest BCUT2D eigenvalue weighted by molar-refractivity contribution is 6.14. The van der Waals surface area contributed by atoms with Crippen LogP contribution in [0, 0.1) is 11.3 Å². The number of ether oxygens (including phenoxy) is 3. The van der Waals surface area contributed by atoms with Crippen LogP contribution in [0.1, 0.15) is 132 Å². The van der Waals surface area contributed by atoms with E-state index in [4.69, 9.17) is 29.9 Å². The molecule has 1 aliphatic rings. The van der Waals surface area contributed by atoms with E-state index in [0.29, 0.717) is 24.0 Å². The fourth-order valence-electron chi connectivity index (χ4n) is 4.16. The van der Waals surface area contributed by atoms with Crippen LogP contribution >= 0.6 is 0 Å². The van der Waals surface area contributed by atoms with E-state index in [1.54, 1.807) is 31.2 Å². The van der Waals surface area contributed by atoms with Crippen molar-refractivity contribution in [2.24, 2.45) is 11.3 Å². The number of aliphatic hydroxyl groups excluding tert-OH is 4. The lowest BCUT2D eigenvalue weighted by molar-refractivity contribution is -0.158. The molecule has 0 spiro atoms. The first kappa shape index (κ1) is 43.1. The van der Waals surface area contributed by atoms with Crippen molar-refractivity contribution in [3.8, 4) is 0 Å². The van der Waals surface area contributed by atoms with E-state index >= 15 is 0 Å². The van der Waals surface area contributed by atoms with E-state index in [1.807, 2.05) is 0 Å². The molecule has 1 aromatic carbocycles. The van der Waals surface area contributed by atoms with Gasteiger partial charge in [-0.3, -0.25) is 9.59 Å². The zero-order valence-electron chi connectivity index (χ0n) is 28.3. The number of rotatable bonds is 21. The van der Waals surface area contributed by atoms with Gasteiger partial charge in [0.15, 0.2) is 0 Å². The maximum atomic E-state index is 11.8. The second-order valence-electron chi connectivity index (χ2n) is 12.2. The van der Waals surface area contributed by atoms with Crippen molar-refractivity contribution < 1.29 is 53.8 Å². The van der Waals surface area contributed by atoms with Gasteiger partial charge in [-0.15, -0.1) is 0 Å². The van der Waals surface area contributed by atoms with Gasteiger partial charge in [0, 0.05) is 12.8 Å². The minimum atomic E-state index is -1.11. The number of carbonyl (C=O) groups excluding carboxylic acids is 4. The van der Waals surface area contributed by atoms with Crippen LogP contribution in [0.25, 0.3) is 0 Å². The molecule has 1 unspecified atom stereocenters. The Morgan fingerprint density at radius 2 is 1.17 bits per heavy atom. The fourth-order valence-corrected chi connectivity index (χ4v) is 4.16. The maximum absolute atomic E-state index is 11.8. The summed E-state index contributed by atoms with van der Waals surface area (Å²) in [6.07, 6.45) is 13.1. The molecule has 0 radical (unpaired) electrons. The average molecular weight is 655 g/mol. The molecule has 4 N–H and O–H groups in total. The average Bonchev–Trinajstić information content (AvgIpc) is 3.34. The van der Waals surface area contributed by atoms with Gasteiger partial charge in [0.05, 0.1) is 43.0 Å². The Labute approximate surface area is 274 Å². The van der Waals surface area contributed by atoms with Crippen LogP contribution < -0.4 is 0 Å². The number of esters is 4. The quantitative estimate of drug-likeness (QED) is 0.0597. The molecule has 0 saturated carbocycles. The van der Waals surface area contributed by atoms with Gasteiger partial charge in [-0.1, -0.05) is 90.7 Å². The van der Waals surface area contributed by atoms with Gasteiger partial charge in [-0.2, -0.15) is 0 Å². The molecule has 0 fully saturated rings. The second-order valence-corrected chi connectivity index (χ2v) is 12.2. The third-order valence-electron chi connectivity index (χ3n) is 7.35. The summed E-state index contributed by atoms with van der Waals surface area (Å²) in [5, 5.41) is 34.0. The zero-order chi connectivity index (χ0) is 34.8. The molecule has 0 bridgehead atoms. The number of hydrogen-bond acceptors (Lipinski definition) is 11. The molecule has 1 aromatic rings. The number of aliphatic hydroxyl groups is 4. The summed E-state index contributed by atoms with van der Waals surface area (Å²) in [6, 6.07) is 6.53. The van der Waals surface area contributed by atoms with Crippen LogP contribution in [0.4, 0.5) is 0 Å². The maximum Gasteiger partial charge on any atom is 0.346 e. The second kappa shape index (κ2) is 26.2. The molecule has 1 aliphatic heterocycles. The van der Waals surface area contributed by atoms with Crippen LogP contribution in [-0.2, 0) is 23.8 Å². The van der Waals surface area contributed by atoms with Gasteiger partial charge in [0.2, 0.25) is 0 Å². The Bertz CT molecular complexity index is 938. The Hall–Kier alpha value is -2.86. The zero-order valence-corrected chi connectivity index (χ0v) is 28.3. The number of cyclic esters (lactones) is 2. The number of fused-ring (bicyclic) bond motifs is 1. The highest BCUT2D eigenvalue weighted by Crippen LogP contribution is 2.18. The third-order valence-corrected chi connectivity index (χ3v) is 7.35. The van der Waals surface area contributed by atoms with Crippen molar-refractivity contribution in [1.29, 1.82) is 0 Å². The summed E-state index contributed by atoms with van der Waals surface area (Å²) >= 11 is 0. The van der Waals surface area contributed by atoms with Gasteiger partial charge >= 0.3 is 23.9 Å². The molecule has 11 nitrogen and oxygen atoms in total. The molecule has 1 heterocycles. The summed E-state index contributed by atoms with van der Waals surface area (Å²) < 4.78 is 14.8. The first-order valence-electron chi connectivity index (χ1n) is 16.6. The molecule has 0 aliphatic carbocycles. The summed E-state index contributed by atoms with van der Waals surface area (Å²) in [7, 11) is 0. The Kier molecular flexibility index (Phi) is 24.6. The first-order valence-corrected chi connectivity index (χ1v) is 16.6. The molecule has 2 rings (SSSR count). The van der Waals surface area contributed by atoms with Crippen LogP contribution in [0.15, 0.2) is 24.3 Å². The molecule has 1 atom stereocenters. The minimum absolute atomic E-state index is 0.161. The van der Waals surface area contributed by atoms with Crippen molar-refractivity contribution in [2.75, 3.05) is 33.0 Å². The molecule has 46 heavy (non-hydrogen) atoms. The van der Waals surface area contributed by atoms with Crippen molar-refractivity contribution in [3.05, 3.63) is 35.4 Å². The molecule has 0 amide bonds. The number of benzene rings is 1. The molecular formula is C35H58O11. The van der Waals surface area contributed by atoms with Gasteiger partial charge in [-0.25, -0.2) is 9.59 Å². The van der Waals surface area contributed by atoms with Gasteiger partial charge in [0.25, 0.3) is 0 Å². The predicted octanol–water partition coefficient (Wildman–Crippen LogP) is 5.15. The number of carbonyl (C=O) groups is 4. The lowest BCUT2D eigenvalue weighted by Gasteiger charge is -2.23. The van der Waals surface area contributed by atoms with E-state index < -0.39 is 43.8 Å². The summed E-state index contributed by atoms with van der Waals surface area (Å²) in [4.78, 5) is 45.1. The van der Waals surface area contributed by atoms with E-state index in [9.17, 15) is 19.2 Å². The summed E-state index contributed by atoms with van der Waals surface area (Å²) in [5.74, 6) is -0.755. The topological polar surface area (TPSA) is 177 Å². The standard InChI is InChI=1S/C22H42O4.C8H4O3.C5H12O4/c1-5-6-7-8-9-10-13-16-21(23)25-18-20(4)26-22(24)17-14-11-12-15-19(2)3;9-7-5-3-1-2-4-6(5)8(10)11-7;6-1-5(2-7,3-8)4-9/h19-20H,5-18H2,1-4H3;1-4H;6-9H,1-4H2. The van der Waals surface area contributed by atoms with Crippen LogP contribution in [0.5, 0.6) is 0 Å². The van der Waals surface area contributed by atoms with Crippen LogP contribution in [0.3, 0.4) is 0 Å². The number of unbranched alkanes of at least 4 members (excludes halogenated alkanes) is 8. The molecular weight excluding hydrogens is 596 g/mol. The van der Waals surface area contributed by atoms with E-state index in [0.717, 1.165) is 38.0 Å². The summed E-state index contributed by atoms with van der Waals surface area (Å²) in [5.41, 5.74) is -0.394. The first-order chi connectivity index (χ1) is 22.0. The highest BCUT2D eigenvalue weighted by Gasteiger charge is 2.28. The normalized spacial score (nSPS) is 12.7. The van der Waals surface area contributed by atoms with E-state index in [2.05, 4.69) is 25.5 Å². The van der Waals surface area contributed by atoms with Crippen LogP contribution in [0.2, 0.25) is 0 Å². The van der Waals surface area contributed by atoms with E-state index in [-0.39, 0.29) is 24.6 Å². The Morgan fingerprint density at radius 1 is 0.717 bits per heavy atom. The monoisotopic (exact) mass is 654 g/mol. The van der Waals surface area contributed by atoms with Crippen LogP contribution in [-0.4, -0.2) is 83.4 Å². The van der Waals surface area contributed by atoms with Crippen molar-refractivity contribution in [1.82, 2.24) is 0 Å². The molecule has 0 saturated heterocycles. The van der Waals surface area contributed by atoms with Crippen molar-refractivity contribution in [2.45, 2.75) is 117 Å². The summed E-state index contributed by atoms with van der Waals surface area (Å²) in [6.45, 7) is 6.95. The van der Waals surface area contributed by atoms with Gasteiger partial charge in [-0.05, 0) is 37.8 Å². The third kappa shape index (κ3) is 19.6. The highest BCUT2D eigenvalue weighted by atomic mass is 16.6. The lowest BCUT2D eigenvalue weighted by Crippen LogP contribution is -2.37. The predicted molar refractivity (Wildman–Crippen MR) is 174 cm³/mol. The SMILES string of the molecule is CCCCCCCCCC(=O)OCC(C)OC(=O)CCCCCC(C)C.O=C1OC(=O)c2ccccc21.OCC(CO)(CO)CO. The lowest BCUT2D eigenvalue weighted by atomic mass is 9.93. The van der Waals surface area contributed by atoms with Gasteiger partial charge < -0.3 is 34.6 Å².